The fraction of sp³-hybridized carbons (Fsp3) is 0.200. The Labute approximate surface area is 184 Å². The van der Waals surface area contributed by atoms with E-state index in [4.69, 9.17) is 9.57 Å². The van der Waals surface area contributed by atoms with E-state index in [2.05, 4.69) is 0 Å². The number of nitrogens with zero attached hydrogens (tertiary/aromatic N) is 2. The van der Waals surface area contributed by atoms with Crippen molar-refractivity contribution in [1.82, 2.24) is 0 Å². The summed E-state index contributed by atoms with van der Waals surface area (Å²) in [6.45, 7) is 2.40. The lowest BCUT2D eigenvalue weighted by Crippen LogP contribution is -2.37. The van der Waals surface area contributed by atoms with E-state index in [-0.39, 0.29) is 11.7 Å². The van der Waals surface area contributed by atoms with Gasteiger partial charge in [-0.15, -0.1) is 0 Å². The highest BCUT2D eigenvalue weighted by molar-refractivity contribution is 6.23. The van der Waals surface area contributed by atoms with Gasteiger partial charge < -0.3 is 4.74 Å². The average molecular weight is 432 g/mol. The molecule has 32 heavy (non-hydrogen) atoms. The molecular formula is C25H21FN2O4. The molecule has 2 saturated heterocycles. The Kier molecular flexibility index (Phi) is 5.11. The first-order valence-corrected chi connectivity index (χ1v) is 10.5. The van der Waals surface area contributed by atoms with Gasteiger partial charge in [-0.2, -0.15) is 0 Å². The number of ether oxygens (including phenoxy) is 1. The van der Waals surface area contributed by atoms with Gasteiger partial charge in [-0.3, -0.25) is 14.4 Å². The molecule has 0 unspecified atom stereocenters. The number of fused-ring (bicyclic) bond motifs is 1. The Morgan fingerprint density at radius 3 is 2.22 bits per heavy atom. The number of carbonyl (C=O) groups is 2. The largest absolute Gasteiger partial charge is 0.494 e. The lowest BCUT2D eigenvalue weighted by atomic mass is 9.90. The van der Waals surface area contributed by atoms with E-state index in [1.807, 2.05) is 37.3 Å². The highest BCUT2D eigenvalue weighted by atomic mass is 19.1. The second-order valence-electron chi connectivity index (χ2n) is 7.65. The van der Waals surface area contributed by atoms with Crippen LogP contribution in [0.3, 0.4) is 0 Å². The van der Waals surface area contributed by atoms with Gasteiger partial charge in [0.2, 0.25) is 5.91 Å². The zero-order valence-electron chi connectivity index (χ0n) is 17.4. The maximum Gasteiger partial charge on any atom is 0.266 e. The topological polar surface area (TPSA) is 59.1 Å². The molecule has 3 aromatic carbocycles. The molecule has 5 rings (SSSR count). The monoisotopic (exact) mass is 432 g/mol. The van der Waals surface area contributed by atoms with Gasteiger partial charge >= 0.3 is 0 Å². The number of carbonyl (C=O) groups excluding carboxylic acids is 2. The summed E-state index contributed by atoms with van der Waals surface area (Å²) < 4.78 is 19.0. The molecule has 2 fully saturated rings. The van der Waals surface area contributed by atoms with Crippen LogP contribution in [-0.2, 0) is 14.4 Å². The molecule has 2 aliphatic heterocycles. The van der Waals surface area contributed by atoms with E-state index in [0.29, 0.717) is 29.3 Å². The molecule has 0 N–H and O–H groups in total. The molecule has 0 aromatic heterocycles. The van der Waals surface area contributed by atoms with Crippen molar-refractivity contribution in [1.29, 1.82) is 0 Å². The van der Waals surface area contributed by atoms with Crippen molar-refractivity contribution in [2.75, 3.05) is 16.6 Å². The van der Waals surface area contributed by atoms with Crippen molar-refractivity contribution < 1.29 is 23.6 Å². The van der Waals surface area contributed by atoms with Crippen molar-refractivity contribution in [2.24, 2.45) is 5.92 Å². The molecular weight excluding hydrogens is 411 g/mol. The number of hydrogen-bond donors (Lipinski definition) is 0. The van der Waals surface area contributed by atoms with Crippen LogP contribution in [0.25, 0.3) is 0 Å². The van der Waals surface area contributed by atoms with Gasteiger partial charge in [0, 0.05) is 0 Å². The Bertz CT molecular complexity index is 1130. The summed E-state index contributed by atoms with van der Waals surface area (Å²) in [6, 6.07) is 21.4. The summed E-state index contributed by atoms with van der Waals surface area (Å²) >= 11 is 0. The quantitative estimate of drug-likeness (QED) is 0.564. The van der Waals surface area contributed by atoms with Crippen molar-refractivity contribution in [3.63, 3.8) is 0 Å². The first-order valence-electron chi connectivity index (χ1n) is 10.5. The number of benzene rings is 3. The number of amides is 2. The van der Waals surface area contributed by atoms with Crippen LogP contribution in [0.2, 0.25) is 0 Å². The number of imide groups is 1. The summed E-state index contributed by atoms with van der Waals surface area (Å²) in [5.74, 6) is -1.25. The van der Waals surface area contributed by atoms with Crippen LogP contribution < -0.4 is 14.7 Å². The van der Waals surface area contributed by atoms with Crippen molar-refractivity contribution in [3.8, 4) is 5.75 Å². The third-order valence-corrected chi connectivity index (χ3v) is 5.74. The van der Waals surface area contributed by atoms with E-state index in [9.17, 15) is 14.0 Å². The van der Waals surface area contributed by atoms with Gasteiger partial charge in [0.15, 0.2) is 6.10 Å². The van der Waals surface area contributed by atoms with Crippen LogP contribution in [-0.4, -0.2) is 24.5 Å². The maximum absolute atomic E-state index is 13.6. The summed E-state index contributed by atoms with van der Waals surface area (Å²) in [7, 11) is 0. The second-order valence-corrected chi connectivity index (χ2v) is 7.65. The third-order valence-electron chi connectivity index (χ3n) is 5.74. The van der Waals surface area contributed by atoms with Crippen LogP contribution in [0.4, 0.5) is 15.8 Å². The van der Waals surface area contributed by atoms with E-state index >= 15 is 0 Å². The molecule has 2 amide bonds. The number of halogens is 1. The standard InChI is InChI=1S/C25H21FN2O4/c1-2-31-20-14-12-18(13-15-20)27-24(29)21-22(16-8-10-17(26)11-9-16)28(32-23(21)25(27)30)19-6-4-3-5-7-19/h3-15,21-23H,2H2,1H3/t21-,22+,23+/m1/s1. The molecule has 2 heterocycles. The predicted octanol–water partition coefficient (Wildman–Crippen LogP) is 4.28. The summed E-state index contributed by atoms with van der Waals surface area (Å²) in [5, 5.41) is 1.59. The van der Waals surface area contributed by atoms with E-state index in [1.165, 1.54) is 17.0 Å². The van der Waals surface area contributed by atoms with Crippen molar-refractivity contribution in [3.05, 3.63) is 90.2 Å². The molecule has 2 aliphatic rings. The number of hydrogen-bond acceptors (Lipinski definition) is 5. The maximum atomic E-state index is 13.6. The molecule has 7 heteroatoms. The normalized spacial score (nSPS) is 22.4. The Morgan fingerprint density at radius 2 is 1.56 bits per heavy atom. The zero-order chi connectivity index (χ0) is 22.2. The molecule has 3 aromatic rings. The second kappa shape index (κ2) is 8.09. The lowest BCUT2D eigenvalue weighted by molar-refractivity contribution is -0.126. The highest BCUT2D eigenvalue weighted by Crippen LogP contribution is 2.47. The SMILES string of the molecule is CCOc1ccc(N2C(=O)[C@H]3[C@H](ON(c4ccccc4)[C@H]3c3ccc(F)cc3)C2=O)cc1. The Balaban J connectivity index is 1.53. The van der Waals surface area contributed by atoms with Gasteiger partial charge in [-0.1, -0.05) is 30.3 Å². The molecule has 0 spiro atoms. The van der Waals surface area contributed by atoms with E-state index < -0.39 is 24.0 Å². The van der Waals surface area contributed by atoms with Crippen LogP contribution in [0, 0.1) is 11.7 Å². The van der Waals surface area contributed by atoms with Gasteiger partial charge in [0.1, 0.15) is 17.5 Å². The summed E-state index contributed by atoms with van der Waals surface area (Å²) in [5.41, 5.74) is 1.87. The van der Waals surface area contributed by atoms with Crippen LogP contribution in [0.15, 0.2) is 78.9 Å². The van der Waals surface area contributed by atoms with Crippen molar-refractivity contribution in [2.45, 2.75) is 19.1 Å². The van der Waals surface area contributed by atoms with E-state index in [1.54, 1.807) is 41.5 Å². The zero-order valence-corrected chi connectivity index (χ0v) is 17.4. The molecule has 0 radical (unpaired) electrons. The first kappa shape index (κ1) is 20.2. The van der Waals surface area contributed by atoms with Gasteiger partial charge in [0.05, 0.1) is 24.0 Å². The minimum atomic E-state index is -0.968. The van der Waals surface area contributed by atoms with Gasteiger partial charge in [-0.25, -0.2) is 14.4 Å². The number of rotatable bonds is 5. The summed E-state index contributed by atoms with van der Waals surface area (Å²) in [4.78, 5) is 34.0. The van der Waals surface area contributed by atoms with Crippen LogP contribution in [0.5, 0.6) is 5.75 Å². The number of para-hydroxylation sites is 1. The summed E-state index contributed by atoms with van der Waals surface area (Å²) in [6.07, 6.45) is -0.968. The van der Waals surface area contributed by atoms with Crippen LogP contribution in [0.1, 0.15) is 18.5 Å². The first-order chi connectivity index (χ1) is 15.6. The molecule has 0 saturated carbocycles. The van der Waals surface area contributed by atoms with Gasteiger partial charge in [-0.05, 0) is 61.0 Å². The predicted molar refractivity (Wildman–Crippen MR) is 117 cm³/mol. The third kappa shape index (κ3) is 3.31. The Morgan fingerprint density at radius 1 is 0.875 bits per heavy atom. The van der Waals surface area contributed by atoms with Crippen molar-refractivity contribution >= 4 is 23.2 Å². The van der Waals surface area contributed by atoms with Gasteiger partial charge in [0.25, 0.3) is 5.91 Å². The van der Waals surface area contributed by atoms with Crippen LogP contribution >= 0.6 is 0 Å². The molecule has 0 aliphatic carbocycles. The number of anilines is 2. The average Bonchev–Trinajstić information content (AvgIpc) is 3.32. The minimum Gasteiger partial charge on any atom is -0.494 e. The fourth-order valence-corrected chi connectivity index (χ4v) is 4.32. The molecule has 162 valence electrons. The lowest BCUT2D eigenvalue weighted by Gasteiger charge is -2.28. The molecule has 6 nitrogen and oxygen atoms in total. The minimum absolute atomic E-state index is 0.350. The fourth-order valence-electron chi connectivity index (χ4n) is 4.32. The molecule has 3 atom stereocenters. The molecule has 0 bridgehead atoms. The Hall–Kier alpha value is -3.71. The smallest absolute Gasteiger partial charge is 0.266 e. The highest BCUT2D eigenvalue weighted by Gasteiger charge is 2.60. The van der Waals surface area contributed by atoms with E-state index in [0.717, 1.165) is 0 Å². The number of hydroxylamine groups is 1.